The molecule has 0 radical (unpaired) electrons. The van der Waals surface area contributed by atoms with Crippen LogP contribution < -0.4 is 0 Å². The van der Waals surface area contributed by atoms with Crippen molar-refractivity contribution in [2.45, 2.75) is 32.7 Å². The first-order valence-electron chi connectivity index (χ1n) is 5.26. The van der Waals surface area contributed by atoms with Gasteiger partial charge in [0.25, 0.3) is 0 Å². The second-order valence-corrected chi connectivity index (χ2v) is 5.70. The first-order valence-corrected chi connectivity index (χ1v) is 5.26. The number of hydrogen-bond acceptors (Lipinski definition) is 1. The molecule has 3 aliphatic rings. The number of nitrogens with zero attached hydrogens (tertiary/aromatic N) is 1. The van der Waals surface area contributed by atoms with Crippen molar-refractivity contribution in [3.63, 3.8) is 0 Å². The monoisotopic (exact) mass is 179 g/mol. The highest BCUT2D eigenvalue weighted by Gasteiger charge is 2.57. The summed E-state index contributed by atoms with van der Waals surface area (Å²) in [7, 11) is 4.39. The molecule has 74 valence electrons. The summed E-state index contributed by atoms with van der Waals surface area (Å²) in [5.41, 5.74) is 0.812. The predicted molar refractivity (Wildman–Crippen MR) is 56.6 cm³/mol. The van der Waals surface area contributed by atoms with Crippen LogP contribution in [-0.4, -0.2) is 24.5 Å². The Hall–Kier alpha value is -0.300. The maximum atomic E-state index is 2.43. The Morgan fingerprint density at radius 3 is 2.15 bits per heavy atom. The quantitative estimate of drug-likeness (QED) is 0.559. The van der Waals surface area contributed by atoms with Gasteiger partial charge < -0.3 is 4.90 Å². The average molecular weight is 179 g/mol. The van der Waals surface area contributed by atoms with Crippen LogP contribution in [-0.2, 0) is 0 Å². The number of hydrogen-bond donors (Lipinski definition) is 0. The number of fused-ring (bicyclic) bond motifs is 1. The van der Waals surface area contributed by atoms with Crippen molar-refractivity contribution in [3.05, 3.63) is 12.2 Å². The Bertz CT molecular complexity index is 252. The van der Waals surface area contributed by atoms with Crippen molar-refractivity contribution in [2.24, 2.45) is 17.3 Å². The Kier molecular flexibility index (Phi) is 1.70. The minimum absolute atomic E-state index is 0.290. The van der Waals surface area contributed by atoms with Gasteiger partial charge in [-0.15, -0.1) is 0 Å². The van der Waals surface area contributed by atoms with Gasteiger partial charge in [-0.05, 0) is 44.7 Å². The third-order valence-corrected chi connectivity index (χ3v) is 4.68. The molecule has 0 saturated heterocycles. The van der Waals surface area contributed by atoms with Crippen LogP contribution in [0.25, 0.3) is 0 Å². The number of rotatable bonds is 1. The summed E-state index contributed by atoms with van der Waals surface area (Å²) in [6.45, 7) is 7.19. The highest BCUT2D eigenvalue weighted by Crippen LogP contribution is 2.60. The highest BCUT2D eigenvalue weighted by atomic mass is 15.2. The lowest BCUT2D eigenvalue weighted by molar-refractivity contribution is -0.0817. The van der Waals surface area contributed by atoms with Crippen molar-refractivity contribution >= 4 is 0 Å². The van der Waals surface area contributed by atoms with E-state index in [9.17, 15) is 0 Å². The van der Waals surface area contributed by atoms with Crippen molar-refractivity contribution in [1.82, 2.24) is 4.90 Å². The fourth-order valence-corrected chi connectivity index (χ4v) is 3.17. The molecule has 3 unspecified atom stereocenters. The van der Waals surface area contributed by atoms with Gasteiger partial charge in [0.05, 0.1) is 0 Å². The predicted octanol–water partition coefficient (Wildman–Crippen LogP) is 2.54. The van der Waals surface area contributed by atoms with Crippen LogP contribution in [0.2, 0.25) is 0 Å². The van der Waals surface area contributed by atoms with E-state index in [2.05, 4.69) is 51.9 Å². The maximum Gasteiger partial charge on any atom is 0.0390 e. The molecule has 0 aromatic rings. The molecular formula is C12H21N. The summed E-state index contributed by atoms with van der Waals surface area (Å²) >= 11 is 0. The number of allylic oxidation sites excluding steroid dienone is 1. The van der Waals surface area contributed by atoms with E-state index in [4.69, 9.17) is 0 Å². The molecular weight excluding hydrogens is 158 g/mol. The fraction of sp³-hybridized carbons (Fsp3) is 0.833. The van der Waals surface area contributed by atoms with Crippen LogP contribution >= 0.6 is 0 Å². The van der Waals surface area contributed by atoms with Gasteiger partial charge in [-0.2, -0.15) is 0 Å². The lowest BCUT2D eigenvalue weighted by Gasteiger charge is -2.63. The molecule has 0 heterocycles. The number of likely N-dealkylation sites (N-methyl/N-ethyl adjacent to an activating group) is 1. The van der Waals surface area contributed by atoms with E-state index < -0.39 is 0 Å². The Morgan fingerprint density at radius 1 is 1.23 bits per heavy atom. The molecule has 1 heteroatoms. The Balaban J connectivity index is 2.35. The smallest absolute Gasteiger partial charge is 0.0390 e. The Morgan fingerprint density at radius 2 is 1.85 bits per heavy atom. The molecule has 3 atom stereocenters. The van der Waals surface area contributed by atoms with Crippen LogP contribution in [0.15, 0.2) is 12.2 Å². The van der Waals surface area contributed by atoms with Gasteiger partial charge in [0.1, 0.15) is 0 Å². The van der Waals surface area contributed by atoms with Crippen LogP contribution in [0.3, 0.4) is 0 Å². The van der Waals surface area contributed by atoms with Gasteiger partial charge in [0.15, 0.2) is 0 Å². The normalized spacial score (nSPS) is 46.3. The zero-order chi connectivity index (χ0) is 9.85. The third kappa shape index (κ3) is 0.969. The van der Waals surface area contributed by atoms with E-state index in [1.165, 1.54) is 6.42 Å². The molecule has 13 heavy (non-hydrogen) atoms. The molecule has 0 aromatic heterocycles. The summed E-state index contributed by atoms with van der Waals surface area (Å²) < 4.78 is 0. The topological polar surface area (TPSA) is 3.24 Å². The first kappa shape index (κ1) is 9.26. The summed E-state index contributed by atoms with van der Waals surface area (Å²) in [5, 5.41) is 0. The van der Waals surface area contributed by atoms with Crippen LogP contribution in [0.4, 0.5) is 0 Å². The molecule has 0 aromatic carbocycles. The SMILES string of the molecule is CN(C)C1(C)C=CC2CC1C2(C)C. The van der Waals surface area contributed by atoms with Gasteiger partial charge in [-0.1, -0.05) is 26.0 Å². The van der Waals surface area contributed by atoms with Crippen LogP contribution in [0.1, 0.15) is 27.2 Å². The zero-order valence-electron chi connectivity index (χ0n) is 9.46. The van der Waals surface area contributed by atoms with Gasteiger partial charge in [0.2, 0.25) is 0 Å². The van der Waals surface area contributed by atoms with Crippen molar-refractivity contribution in [3.8, 4) is 0 Å². The highest BCUT2D eigenvalue weighted by molar-refractivity contribution is 5.25. The summed E-state index contributed by atoms with van der Waals surface area (Å²) in [5.74, 6) is 1.68. The lowest BCUT2D eigenvalue weighted by atomic mass is 9.46. The Labute approximate surface area is 81.8 Å². The molecule has 1 nitrogen and oxygen atoms in total. The molecule has 0 aliphatic heterocycles. The molecule has 3 aliphatic carbocycles. The summed E-state index contributed by atoms with van der Waals surface area (Å²) in [6.07, 6.45) is 6.23. The standard InChI is InChI=1S/C12H21N/c1-11(2)9-6-7-12(3,13(4)5)10(11)8-9/h6-7,9-10H,8H2,1-5H3. The molecule has 0 amide bonds. The molecule has 3 rings (SSSR count). The van der Waals surface area contributed by atoms with Gasteiger partial charge >= 0.3 is 0 Å². The molecule has 0 spiro atoms. The van der Waals surface area contributed by atoms with Crippen molar-refractivity contribution < 1.29 is 0 Å². The lowest BCUT2D eigenvalue weighted by Crippen LogP contribution is -2.62. The molecule has 0 N–H and O–H groups in total. The largest absolute Gasteiger partial charge is 0.300 e. The van der Waals surface area contributed by atoms with Crippen molar-refractivity contribution in [2.75, 3.05) is 14.1 Å². The first-order chi connectivity index (χ1) is 5.89. The zero-order valence-corrected chi connectivity index (χ0v) is 9.46. The second-order valence-electron chi connectivity index (χ2n) is 5.70. The summed E-state index contributed by atoms with van der Waals surface area (Å²) in [4.78, 5) is 2.37. The van der Waals surface area contributed by atoms with E-state index in [-0.39, 0.29) is 5.54 Å². The van der Waals surface area contributed by atoms with Crippen molar-refractivity contribution in [1.29, 1.82) is 0 Å². The second kappa shape index (κ2) is 2.38. The van der Waals surface area contributed by atoms with Crippen LogP contribution in [0, 0.1) is 17.3 Å². The minimum atomic E-state index is 0.290. The van der Waals surface area contributed by atoms with E-state index in [1.54, 1.807) is 0 Å². The van der Waals surface area contributed by atoms with E-state index >= 15 is 0 Å². The average Bonchev–Trinajstić information content (AvgIpc) is 2.03. The molecule has 1 fully saturated rings. The van der Waals surface area contributed by atoms with Gasteiger partial charge in [-0.3, -0.25) is 0 Å². The molecule has 1 saturated carbocycles. The summed E-state index contributed by atoms with van der Waals surface area (Å²) in [6, 6.07) is 0. The van der Waals surface area contributed by atoms with E-state index in [1.807, 2.05) is 0 Å². The van der Waals surface area contributed by atoms with E-state index in [0.29, 0.717) is 5.41 Å². The third-order valence-electron chi connectivity index (χ3n) is 4.68. The minimum Gasteiger partial charge on any atom is -0.300 e. The van der Waals surface area contributed by atoms with Gasteiger partial charge in [-0.25, -0.2) is 0 Å². The maximum absolute atomic E-state index is 2.43. The van der Waals surface area contributed by atoms with Gasteiger partial charge in [0, 0.05) is 5.54 Å². The van der Waals surface area contributed by atoms with E-state index in [0.717, 1.165) is 11.8 Å². The fourth-order valence-electron chi connectivity index (χ4n) is 3.17. The van der Waals surface area contributed by atoms with Crippen LogP contribution in [0.5, 0.6) is 0 Å². The molecule has 2 bridgehead atoms.